The molecule has 0 aromatic heterocycles. The van der Waals surface area contributed by atoms with Gasteiger partial charge in [0.1, 0.15) is 11.4 Å². The van der Waals surface area contributed by atoms with Gasteiger partial charge >= 0.3 is 5.97 Å². The first-order valence-electron chi connectivity index (χ1n) is 7.98. The van der Waals surface area contributed by atoms with Crippen LogP contribution < -0.4 is 5.32 Å². The van der Waals surface area contributed by atoms with Gasteiger partial charge in [-0.1, -0.05) is 36.4 Å². The van der Waals surface area contributed by atoms with Gasteiger partial charge in [-0.2, -0.15) is 0 Å². The fraction of sp³-hybridized carbons (Fsp3) is 0.263. The molecule has 3 fully saturated rings. The summed E-state index contributed by atoms with van der Waals surface area (Å²) in [7, 11) is 0. The molecule has 25 heavy (non-hydrogen) atoms. The fourth-order valence-electron chi connectivity index (χ4n) is 3.63. The van der Waals surface area contributed by atoms with E-state index < -0.39 is 28.7 Å². The second-order valence-corrected chi connectivity index (χ2v) is 6.74. The van der Waals surface area contributed by atoms with Crippen molar-refractivity contribution in [2.24, 2.45) is 5.41 Å². The summed E-state index contributed by atoms with van der Waals surface area (Å²) in [6.45, 7) is 0.0162. The Morgan fingerprint density at radius 2 is 1.80 bits per heavy atom. The molecule has 0 unspecified atom stereocenters. The molecule has 2 saturated heterocycles. The number of halogens is 1. The number of fused-ring (bicyclic) bond motifs is 1. The Bertz CT molecular complexity index is 859. The molecule has 2 bridgehead atoms. The van der Waals surface area contributed by atoms with Gasteiger partial charge in [0, 0.05) is 12.8 Å². The summed E-state index contributed by atoms with van der Waals surface area (Å²) in [6, 6.07) is 13.9. The molecule has 2 aromatic carbocycles. The second kappa shape index (κ2) is 5.39. The van der Waals surface area contributed by atoms with Crippen molar-refractivity contribution < 1.29 is 23.8 Å². The number of rotatable bonds is 4. The number of hydrogen-bond acceptors (Lipinski definition) is 3. The Balaban J connectivity index is 1.56. The van der Waals surface area contributed by atoms with Crippen molar-refractivity contribution in [3.05, 3.63) is 54.3 Å². The van der Waals surface area contributed by atoms with Crippen LogP contribution in [0.15, 0.2) is 48.5 Å². The van der Waals surface area contributed by atoms with Crippen molar-refractivity contribution in [1.82, 2.24) is 0 Å². The van der Waals surface area contributed by atoms with Gasteiger partial charge in [0.05, 0.1) is 17.7 Å². The molecule has 0 atom stereocenters. The van der Waals surface area contributed by atoms with E-state index in [4.69, 9.17) is 4.74 Å². The van der Waals surface area contributed by atoms with E-state index in [1.807, 2.05) is 30.3 Å². The third-order valence-electron chi connectivity index (χ3n) is 5.06. The topological polar surface area (TPSA) is 75.6 Å². The molecule has 0 spiro atoms. The number of amides is 1. The Labute approximate surface area is 143 Å². The minimum Gasteiger partial charge on any atom is -0.481 e. The SMILES string of the molecule is O=C(O)C12COC(C(=O)Nc3cc(-c4ccccc4)ccc3F)(C1)C2. The zero-order valence-electron chi connectivity index (χ0n) is 13.3. The molecule has 2 aliphatic heterocycles. The molecular formula is C19H16FNO4. The van der Waals surface area contributed by atoms with E-state index >= 15 is 0 Å². The monoisotopic (exact) mass is 341 g/mol. The predicted octanol–water partition coefficient (Wildman–Crippen LogP) is 3.07. The highest BCUT2D eigenvalue weighted by atomic mass is 19.1. The van der Waals surface area contributed by atoms with Crippen LogP contribution in [-0.2, 0) is 14.3 Å². The molecule has 3 aliphatic rings. The van der Waals surface area contributed by atoms with Crippen molar-refractivity contribution in [3.8, 4) is 11.1 Å². The number of carbonyl (C=O) groups is 2. The largest absolute Gasteiger partial charge is 0.481 e. The maximum atomic E-state index is 14.1. The first-order chi connectivity index (χ1) is 11.9. The summed E-state index contributed by atoms with van der Waals surface area (Å²) in [5.41, 5.74) is -0.392. The summed E-state index contributed by atoms with van der Waals surface area (Å²) in [5, 5.41) is 11.8. The lowest BCUT2D eigenvalue weighted by Crippen LogP contribution is -2.55. The van der Waals surface area contributed by atoms with Gasteiger partial charge in [-0.25, -0.2) is 4.39 Å². The van der Waals surface area contributed by atoms with Crippen molar-refractivity contribution >= 4 is 17.6 Å². The summed E-state index contributed by atoms with van der Waals surface area (Å²) in [6.07, 6.45) is 0.252. The third-order valence-corrected chi connectivity index (χ3v) is 5.06. The number of carbonyl (C=O) groups excluding carboxylic acids is 1. The van der Waals surface area contributed by atoms with E-state index in [0.29, 0.717) is 0 Å². The van der Waals surface area contributed by atoms with Gasteiger partial charge in [0.25, 0.3) is 5.91 Å². The molecule has 0 radical (unpaired) electrons. The van der Waals surface area contributed by atoms with Crippen LogP contribution in [0.25, 0.3) is 11.1 Å². The number of ether oxygens (including phenoxy) is 1. The summed E-state index contributed by atoms with van der Waals surface area (Å²) < 4.78 is 19.6. The zero-order chi connectivity index (χ0) is 17.7. The lowest BCUT2D eigenvalue weighted by Gasteiger charge is -2.40. The number of hydrogen-bond donors (Lipinski definition) is 2. The molecule has 2 heterocycles. The predicted molar refractivity (Wildman–Crippen MR) is 88.5 cm³/mol. The first-order valence-corrected chi connectivity index (χ1v) is 7.98. The fourth-order valence-corrected chi connectivity index (χ4v) is 3.63. The number of nitrogens with one attached hydrogen (secondary N) is 1. The first kappa shape index (κ1) is 15.8. The molecule has 128 valence electrons. The smallest absolute Gasteiger partial charge is 0.312 e. The average molecular weight is 341 g/mol. The Hall–Kier alpha value is -2.73. The molecule has 1 amide bonds. The van der Waals surface area contributed by atoms with E-state index in [-0.39, 0.29) is 25.1 Å². The maximum absolute atomic E-state index is 14.1. The summed E-state index contributed by atoms with van der Waals surface area (Å²) >= 11 is 0. The molecule has 1 saturated carbocycles. The van der Waals surface area contributed by atoms with E-state index in [1.54, 1.807) is 12.1 Å². The number of carboxylic acid groups (broad SMARTS) is 1. The third kappa shape index (κ3) is 2.41. The van der Waals surface area contributed by atoms with Gasteiger partial charge in [-0.3, -0.25) is 9.59 Å². The summed E-state index contributed by atoms with van der Waals surface area (Å²) in [4.78, 5) is 23.8. The van der Waals surface area contributed by atoms with Gasteiger partial charge in [-0.05, 0) is 23.3 Å². The Kier molecular flexibility index (Phi) is 3.40. The maximum Gasteiger partial charge on any atom is 0.312 e. The van der Waals surface area contributed by atoms with Crippen LogP contribution in [0, 0.1) is 11.2 Å². The van der Waals surface area contributed by atoms with E-state index in [9.17, 15) is 19.1 Å². The van der Waals surface area contributed by atoms with E-state index in [2.05, 4.69) is 5.32 Å². The molecule has 2 N–H and O–H groups in total. The molecule has 6 heteroatoms. The lowest BCUT2D eigenvalue weighted by atomic mass is 9.62. The number of aliphatic carboxylic acids is 1. The van der Waals surface area contributed by atoms with Crippen molar-refractivity contribution in [3.63, 3.8) is 0 Å². The molecule has 5 nitrogen and oxygen atoms in total. The minimum atomic E-state index is -1.16. The molecule has 5 rings (SSSR count). The highest BCUT2D eigenvalue weighted by molar-refractivity contribution is 6.01. The quantitative estimate of drug-likeness (QED) is 0.896. The van der Waals surface area contributed by atoms with Crippen LogP contribution in [0.5, 0.6) is 0 Å². The molecule has 2 aromatic rings. The van der Waals surface area contributed by atoms with Gasteiger partial charge in [0.2, 0.25) is 0 Å². The molecular weight excluding hydrogens is 325 g/mol. The van der Waals surface area contributed by atoms with Crippen LogP contribution in [0.2, 0.25) is 0 Å². The van der Waals surface area contributed by atoms with Crippen molar-refractivity contribution in [2.45, 2.75) is 18.4 Å². The normalized spacial score (nSPS) is 26.8. The lowest BCUT2D eigenvalue weighted by molar-refractivity contribution is -0.156. The van der Waals surface area contributed by atoms with Crippen LogP contribution in [0.1, 0.15) is 12.8 Å². The van der Waals surface area contributed by atoms with Crippen LogP contribution >= 0.6 is 0 Å². The van der Waals surface area contributed by atoms with E-state index in [1.165, 1.54) is 6.07 Å². The van der Waals surface area contributed by atoms with Crippen LogP contribution in [-0.4, -0.2) is 29.2 Å². The summed E-state index contributed by atoms with van der Waals surface area (Å²) in [5.74, 6) is -2.00. The Morgan fingerprint density at radius 1 is 1.08 bits per heavy atom. The second-order valence-electron chi connectivity index (χ2n) is 6.74. The number of benzene rings is 2. The highest BCUT2D eigenvalue weighted by Crippen LogP contribution is 2.58. The van der Waals surface area contributed by atoms with Crippen LogP contribution in [0.3, 0.4) is 0 Å². The van der Waals surface area contributed by atoms with Crippen molar-refractivity contribution in [2.75, 3.05) is 11.9 Å². The van der Waals surface area contributed by atoms with Gasteiger partial charge in [-0.15, -0.1) is 0 Å². The minimum absolute atomic E-state index is 0.0162. The highest BCUT2D eigenvalue weighted by Gasteiger charge is 2.70. The zero-order valence-corrected chi connectivity index (χ0v) is 13.3. The standard InChI is InChI=1S/C19H16FNO4/c20-14-7-6-13(12-4-2-1-3-5-12)8-15(14)21-16(22)19-9-18(10-19,11-25-19)17(23)24/h1-8H,9-11H2,(H,21,22)(H,23,24). The number of carboxylic acids is 1. The van der Waals surface area contributed by atoms with Crippen LogP contribution in [0.4, 0.5) is 10.1 Å². The van der Waals surface area contributed by atoms with Gasteiger partial charge < -0.3 is 15.2 Å². The van der Waals surface area contributed by atoms with E-state index in [0.717, 1.165) is 11.1 Å². The van der Waals surface area contributed by atoms with Gasteiger partial charge in [0.15, 0.2) is 0 Å². The van der Waals surface area contributed by atoms with Crippen molar-refractivity contribution in [1.29, 1.82) is 0 Å². The molecule has 1 aliphatic carbocycles. The average Bonchev–Trinajstić information content (AvgIpc) is 3.16. The number of anilines is 1. The Morgan fingerprint density at radius 3 is 2.44 bits per heavy atom.